The third kappa shape index (κ3) is 4.15. The molecule has 0 aliphatic rings. The Labute approximate surface area is 102 Å². The summed E-state index contributed by atoms with van der Waals surface area (Å²) in [7, 11) is 0.215. The zero-order chi connectivity index (χ0) is 12.9. The normalized spacial score (nSPS) is 11.4. The number of benzene rings is 1. The number of rotatable bonds is 5. The second-order valence-electron chi connectivity index (χ2n) is 3.84. The van der Waals surface area contributed by atoms with Crippen molar-refractivity contribution in [2.75, 3.05) is 27.2 Å². The molecule has 0 atom stereocenters. The molecule has 0 unspecified atom stereocenters. The lowest BCUT2D eigenvalue weighted by atomic mass is 10.2. The monoisotopic (exact) mass is 253 g/mol. The molecule has 1 aromatic carbocycles. The summed E-state index contributed by atoms with van der Waals surface area (Å²) in [5.41, 5.74) is 0.334. The first-order chi connectivity index (χ1) is 7.95. The molecule has 92 valence electrons. The van der Waals surface area contributed by atoms with Crippen LogP contribution in [0.15, 0.2) is 29.2 Å². The lowest BCUT2D eigenvalue weighted by Crippen LogP contribution is -2.31. The van der Waals surface area contributed by atoms with Crippen molar-refractivity contribution in [3.05, 3.63) is 29.8 Å². The molecule has 0 aliphatic carbocycles. The summed E-state index contributed by atoms with van der Waals surface area (Å²) in [6, 6.07) is 7.87. The fraction of sp³-hybridized carbons (Fsp3) is 0.364. The third-order valence-electron chi connectivity index (χ3n) is 2.12. The minimum atomic E-state index is -3.52. The Bertz CT molecular complexity index is 518. The number of hydrogen-bond donors (Lipinski definition) is 1. The van der Waals surface area contributed by atoms with E-state index in [2.05, 4.69) is 4.72 Å². The highest BCUT2D eigenvalue weighted by Crippen LogP contribution is 2.10. The maximum Gasteiger partial charge on any atom is 0.240 e. The van der Waals surface area contributed by atoms with Gasteiger partial charge in [0.1, 0.15) is 0 Å². The summed E-state index contributed by atoms with van der Waals surface area (Å²) in [5, 5.41) is 8.70. The average Bonchev–Trinajstić information content (AvgIpc) is 2.28. The molecule has 5 nitrogen and oxygen atoms in total. The van der Waals surface area contributed by atoms with Crippen LogP contribution < -0.4 is 4.72 Å². The van der Waals surface area contributed by atoms with Gasteiger partial charge in [0.05, 0.1) is 16.5 Å². The molecule has 0 heterocycles. The van der Waals surface area contributed by atoms with Crippen LogP contribution in [0, 0.1) is 11.3 Å². The zero-order valence-corrected chi connectivity index (χ0v) is 10.7. The first-order valence-corrected chi connectivity index (χ1v) is 6.58. The van der Waals surface area contributed by atoms with Gasteiger partial charge in [-0.2, -0.15) is 5.26 Å². The van der Waals surface area contributed by atoms with Crippen LogP contribution in [0.2, 0.25) is 0 Å². The molecular weight excluding hydrogens is 238 g/mol. The predicted molar refractivity (Wildman–Crippen MR) is 64.9 cm³/mol. The van der Waals surface area contributed by atoms with Gasteiger partial charge >= 0.3 is 0 Å². The number of likely N-dealkylation sites (N-methyl/N-ethyl adjacent to an activating group) is 1. The molecular formula is C11H15N3O2S. The van der Waals surface area contributed by atoms with Crippen LogP contribution in [0.3, 0.4) is 0 Å². The first kappa shape index (κ1) is 13.6. The summed E-state index contributed by atoms with van der Waals surface area (Å²) in [4.78, 5) is 2.00. The van der Waals surface area contributed by atoms with Crippen molar-refractivity contribution in [1.82, 2.24) is 9.62 Å². The molecule has 0 fully saturated rings. The molecule has 0 aliphatic heterocycles. The van der Waals surface area contributed by atoms with Crippen LogP contribution in [0.4, 0.5) is 0 Å². The van der Waals surface area contributed by atoms with Crippen molar-refractivity contribution < 1.29 is 8.42 Å². The van der Waals surface area contributed by atoms with E-state index in [0.717, 1.165) is 0 Å². The van der Waals surface area contributed by atoms with E-state index in [9.17, 15) is 8.42 Å². The Kier molecular flexibility index (Phi) is 4.63. The summed E-state index contributed by atoms with van der Waals surface area (Å²) in [5.74, 6) is 0. The molecule has 1 rings (SSSR count). The van der Waals surface area contributed by atoms with E-state index in [4.69, 9.17) is 5.26 Å². The highest BCUT2D eigenvalue weighted by Gasteiger charge is 2.13. The van der Waals surface area contributed by atoms with E-state index in [1.54, 1.807) is 12.1 Å². The van der Waals surface area contributed by atoms with Gasteiger partial charge in [0.2, 0.25) is 10.0 Å². The van der Waals surface area contributed by atoms with Gasteiger partial charge in [-0.25, -0.2) is 13.1 Å². The van der Waals surface area contributed by atoms with Crippen molar-refractivity contribution in [1.29, 1.82) is 5.26 Å². The van der Waals surface area contributed by atoms with Gasteiger partial charge in [-0.3, -0.25) is 0 Å². The molecule has 0 saturated carbocycles. The minimum absolute atomic E-state index is 0.121. The Morgan fingerprint density at radius 2 is 2.12 bits per heavy atom. The van der Waals surface area contributed by atoms with E-state index in [-0.39, 0.29) is 4.90 Å². The van der Waals surface area contributed by atoms with Gasteiger partial charge in [-0.1, -0.05) is 6.07 Å². The smallest absolute Gasteiger partial charge is 0.240 e. The Morgan fingerprint density at radius 3 is 2.71 bits per heavy atom. The molecule has 1 aromatic rings. The van der Waals surface area contributed by atoms with Crippen LogP contribution in [0.5, 0.6) is 0 Å². The molecule has 1 N–H and O–H groups in total. The number of nitriles is 1. The van der Waals surface area contributed by atoms with Gasteiger partial charge in [-0.05, 0) is 32.3 Å². The molecule has 17 heavy (non-hydrogen) atoms. The minimum Gasteiger partial charge on any atom is -0.308 e. The third-order valence-corrected chi connectivity index (χ3v) is 3.58. The maximum atomic E-state index is 11.8. The van der Waals surface area contributed by atoms with E-state index in [0.29, 0.717) is 18.7 Å². The van der Waals surface area contributed by atoms with Crippen LogP contribution in [-0.2, 0) is 10.0 Å². The SMILES string of the molecule is CN(C)CCNS(=O)(=O)c1cccc(C#N)c1. The second kappa shape index (κ2) is 5.77. The largest absolute Gasteiger partial charge is 0.308 e. The topological polar surface area (TPSA) is 73.2 Å². The fourth-order valence-electron chi connectivity index (χ4n) is 1.22. The Balaban J connectivity index is 2.79. The van der Waals surface area contributed by atoms with Crippen molar-refractivity contribution in [3.63, 3.8) is 0 Å². The summed E-state index contributed by atoms with van der Waals surface area (Å²) in [6.07, 6.45) is 0. The molecule has 0 spiro atoms. The van der Waals surface area contributed by atoms with Crippen molar-refractivity contribution >= 4 is 10.0 Å². The zero-order valence-electron chi connectivity index (χ0n) is 9.84. The average molecular weight is 253 g/mol. The molecule has 6 heteroatoms. The second-order valence-corrected chi connectivity index (χ2v) is 5.61. The van der Waals surface area contributed by atoms with Gasteiger partial charge < -0.3 is 4.90 Å². The fourth-order valence-corrected chi connectivity index (χ4v) is 2.29. The van der Waals surface area contributed by atoms with Gasteiger partial charge in [0.25, 0.3) is 0 Å². The van der Waals surface area contributed by atoms with Crippen LogP contribution in [-0.4, -0.2) is 40.5 Å². The molecule has 0 saturated heterocycles. The molecule has 0 amide bonds. The standard InChI is InChI=1S/C11H15N3O2S/c1-14(2)7-6-13-17(15,16)11-5-3-4-10(8-11)9-12/h3-5,8,13H,6-7H2,1-2H3. The highest BCUT2D eigenvalue weighted by atomic mass is 32.2. The summed E-state index contributed by atoms with van der Waals surface area (Å²) in [6.45, 7) is 0.962. The van der Waals surface area contributed by atoms with E-state index in [1.807, 2.05) is 25.1 Å². The Morgan fingerprint density at radius 1 is 1.41 bits per heavy atom. The van der Waals surface area contributed by atoms with Gasteiger partial charge in [0, 0.05) is 13.1 Å². The van der Waals surface area contributed by atoms with Crippen LogP contribution >= 0.6 is 0 Å². The quantitative estimate of drug-likeness (QED) is 0.824. The number of sulfonamides is 1. The number of nitrogens with one attached hydrogen (secondary N) is 1. The van der Waals surface area contributed by atoms with Gasteiger partial charge in [-0.15, -0.1) is 0 Å². The Hall–Kier alpha value is -1.42. The number of nitrogens with zero attached hydrogens (tertiary/aromatic N) is 2. The summed E-state index contributed by atoms with van der Waals surface area (Å²) >= 11 is 0. The van der Waals surface area contributed by atoms with Crippen molar-refractivity contribution in [3.8, 4) is 6.07 Å². The van der Waals surface area contributed by atoms with Crippen molar-refractivity contribution in [2.24, 2.45) is 0 Å². The van der Waals surface area contributed by atoms with Crippen LogP contribution in [0.25, 0.3) is 0 Å². The molecule has 0 radical (unpaired) electrons. The molecule has 0 aromatic heterocycles. The first-order valence-electron chi connectivity index (χ1n) is 5.10. The highest BCUT2D eigenvalue weighted by molar-refractivity contribution is 7.89. The van der Waals surface area contributed by atoms with E-state index < -0.39 is 10.0 Å². The number of hydrogen-bond acceptors (Lipinski definition) is 4. The maximum absolute atomic E-state index is 11.8. The van der Waals surface area contributed by atoms with E-state index >= 15 is 0 Å². The van der Waals surface area contributed by atoms with Gasteiger partial charge in [0.15, 0.2) is 0 Å². The molecule has 0 bridgehead atoms. The lowest BCUT2D eigenvalue weighted by molar-refractivity contribution is 0.412. The van der Waals surface area contributed by atoms with Crippen molar-refractivity contribution in [2.45, 2.75) is 4.90 Å². The lowest BCUT2D eigenvalue weighted by Gasteiger charge is -2.10. The predicted octanol–water partition coefficient (Wildman–Crippen LogP) is 0.398. The van der Waals surface area contributed by atoms with Crippen LogP contribution in [0.1, 0.15) is 5.56 Å². The summed E-state index contributed by atoms with van der Waals surface area (Å²) < 4.78 is 26.2. The van der Waals surface area contributed by atoms with E-state index in [1.165, 1.54) is 12.1 Å².